The molecule has 0 bridgehead atoms. The lowest BCUT2D eigenvalue weighted by molar-refractivity contribution is 0.101. The molecule has 21 heavy (non-hydrogen) atoms. The minimum absolute atomic E-state index is 0.00245. The number of nitrogen functional groups attached to an aromatic ring is 1. The minimum atomic E-state index is 0.00245. The van der Waals surface area contributed by atoms with Crippen LogP contribution < -0.4 is 16.4 Å². The van der Waals surface area contributed by atoms with Crippen molar-refractivity contribution >= 4 is 28.8 Å². The lowest BCUT2D eigenvalue weighted by Gasteiger charge is -2.12. The number of anilines is 4. The highest BCUT2D eigenvalue weighted by Gasteiger charge is 2.08. The van der Waals surface area contributed by atoms with Crippen LogP contribution in [0.2, 0.25) is 0 Å². The summed E-state index contributed by atoms with van der Waals surface area (Å²) in [6.07, 6.45) is 3.13. The van der Waals surface area contributed by atoms with Crippen LogP contribution in [0, 0.1) is 0 Å². The molecule has 0 spiro atoms. The summed E-state index contributed by atoms with van der Waals surface area (Å²) in [4.78, 5) is 19.6. The molecule has 2 rings (SSSR count). The van der Waals surface area contributed by atoms with E-state index >= 15 is 0 Å². The van der Waals surface area contributed by atoms with Gasteiger partial charge in [0.2, 0.25) is 0 Å². The number of rotatable bonds is 6. The van der Waals surface area contributed by atoms with Gasteiger partial charge < -0.3 is 16.4 Å². The zero-order chi connectivity index (χ0) is 15.2. The van der Waals surface area contributed by atoms with E-state index in [4.69, 9.17) is 5.73 Å². The summed E-state index contributed by atoms with van der Waals surface area (Å²) in [5.41, 5.74) is 7.79. The molecule has 0 saturated heterocycles. The SMILES string of the molecule is C=CCNc1ncnc(Nc2cccc(C(C)=O)c2)c1N. The fraction of sp³-hybridized carbons (Fsp3) is 0.133. The van der Waals surface area contributed by atoms with Gasteiger partial charge in [-0.3, -0.25) is 4.79 Å². The van der Waals surface area contributed by atoms with Crippen molar-refractivity contribution in [1.82, 2.24) is 9.97 Å². The van der Waals surface area contributed by atoms with Crippen molar-refractivity contribution < 1.29 is 4.79 Å². The number of hydrogen-bond acceptors (Lipinski definition) is 6. The third-order valence-electron chi connectivity index (χ3n) is 2.83. The van der Waals surface area contributed by atoms with Gasteiger partial charge in [0, 0.05) is 17.8 Å². The van der Waals surface area contributed by atoms with Gasteiger partial charge in [0.1, 0.15) is 12.0 Å². The van der Waals surface area contributed by atoms with Gasteiger partial charge in [0.05, 0.1) is 0 Å². The summed E-state index contributed by atoms with van der Waals surface area (Å²) in [5, 5.41) is 6.12. The highest BCUT2D eigenvalue weighted by Crippen LogP contribution is 2.25. The molecule has 6 heteroatoms. The van der Waals surface area contributed by atoms with Crippen LogP contribution >= 0.6 is 0 Å². The first-order valence-electron chi connectivity index (χ1n) is 6.45. The van der Waals surface area contributed by atoms with Crippen molar-refractivity contribution in [1.29, 1.82) is 0 Å². The van der Waals surface area contributed by atoms with Crippen molar-refractivity contribution in [3.8, 4) is 0 Å². The second-order valence-electron chi connectivity index (χ2n) is 4.42. The maximum atomic E-state index is 11.4. The van der Waals surface area contributed by atoms with E-state index in [0.717, 1.165) is 5.69 Å². The van der Waals surface area contributed by atoms with Crippen molar-refractivity contribution in [2.45, 2.75) is 6.92 Å². The van der Waals surface area contributed by atoms with Gasteiger partial charge >= 0.3 is 0 Å². The molecule has 1 aromatic carbocycles. The second kappa shape index (κ2) is 6.51. The normalized spacial score (nSPS) is 9.95. The Bertz CT molecular complexity index is 669. The molecular formula is C15H17N5O. The fourth-order valence-corrected chi connectivity index (χ4v) is 1.76. The van der Waals surface area contributed by atoms with Crippen molar-refractivity contribution in [3.05, 3.63) is 48.8 Å². The minimum Gasteiger partial charge on any atom is -0.393 e. The van der Waals surface area contributed by atoms with Gasteiger partial charge in [-0.05, 0) is 19.1 Å². The average molecular weight is 283 g/mol. The first-order chi connectivity index (χ1) is 10.1. The largest absolute Gasteiger partial charge is 0.393 e. The van der Waals surface area contributed by atoms with Gasteiger partial charge in [0.25, 0.3) is 0 Å². The summed E-state index contributed by atoms with van der Waals surface area (Å²) >= 11 is 0. The topological polar surface area (TPSA) is 92.9 Å². The van der Waals surface area contributed by atoms with Crippen molar-refractivity contribution in [2.75, 3.05) is 22.9 Å². The van der Waals surface area contributed by atoms with Gasteiger partial charge in [-0.25, -0.2) is 9.97 Å². The smallest absolute Gasteiger partial charge is 0.159 e. The van der Waals surface area contributed by atoms with Crippen molar-refractivity contribution in [2.24, 2.45) is 0 Å². The van der Waals surface area contributed by atoms with Crippen LogP contribution in [-0.4, -0.2) is 22.3 Å². The quantitative estimate of drug-likeness (QED) is 0.557. The zero-order valence-electron chi connectivity index (χ0n) is 11.8. The molecule has 6 nitrogen and oxygen atoms in total. The van der Waals surface area contributed by atoms with Crippen LogP contribution in [0.3, 0.4) is 0 Å². The van der Waals surface area contributed by atoms with Gasteiger partial charge in [-0.1, -0.05) is 18.2 Å². The molecule has 1 aromatic heterocycles. The van der Waals surface area contributed by atoms with E-state index in [1.165, 1.54) is 13.3 Å². The number of Topliss-reactive ketones (excluding diaryl/α,β-unsaturated/α-hetero) is 1. The van der Waals surface area contributed by atoms with E-state index in [-0.39, 0.29) is 5.78 Å². The van der Waals surface area contributed by atoms with E-state index in [1.54, 1.807) is 24.3 Å². The number of nitrogens with two attached hydrogens (primary N) is 1. The first-order valence-corrected chi connectivity index (χ1v) is 6.45. The van der Waals surface area contributed by atoms with E-state index in [0.29, 0.717) is 29.4 Å². The summed E-state index contributed by atoms with van der Waals surface area (Å²) in [7, 11) is 0. The Morgan fingerprint density at radius 2 is 2.14 bits per heavy atom. The molecule has 108 valence electrons. The zero-order valence-corrected chi connectivity index (χ0v) is 11.8. The first kappa shape index (κ1) is 14.5. The van der Waals surface area contributed by atoms with Crippen LogP contribution in [0.1, 0.15) is 17.3 Å². The van der Waals surface area contributed by atoms with E-state index in [1.807, 2.05) is 6.07 Å². The molecule has 0 fully saturated rings. The van der Waals surface area contributed by atoms with Crippen LogP contribution in [0.25, 0.3) is 0 Å². The van der Waals surface area contributed by atoms with Crippen LogP contribution in [0.4, 0.5) is 23.0 Å². The Kier molecular flexibility index (Phi) is 4.50. The monoisotopic (exact) mass is 283 g/mol. The summed E-state index contributed by atoms with van der Waals surface area (Å²) in [6, 6.07) is 7.15. The maximum Gasteiger partial charge on any atom is 0.159 e. The number of carbonyl (C=O) groups excluding carboxylic acids is 1. The molecule has 0 aliphatic carbocycles. The second-order valence-corrected chi connectivity index (χ2v) is 4.42. The third kappa shape index (κ3) is 3.56. The Morgan fingerprint density at radius 3 is 2.86 bits per heavy atom. The number of nitrogens with zero attached hydrogens (tertiary/aromatic N) is 2. The highest BCUT2D eigenvalue weighted by molar-refractivity contribution is 5.95. The standard InChI is InChI=1S/C15H17N5O/c1-3-7-17-14-13(16)15(19-9-18-14)20-12-6-4-5-11(8-12)10(2)21/h3-6,8-9H,1,7,16H2,2H3,(H2,17,18,19,20). The molecule has 0 amide bonds. The van der Waals surface area contributed by atoms with Gasteiger partial charge in [-0.2, -0.15) is 0 Å². The molecule has 0 atom stereocenters. The molecule has 0 aliphatic rings. The number of ketones is 1. The van der Waals surface area contributed by atoms with Crippen molar-refractivity contribution in [3.63, 3.8) is 0 Å². The molecule has 0 saturated carbocycles. The molecule has 1 heterocycles. The third-order valence-corrected chi connectivity index (χ3v) is 2.83. The lowest BCUT2D eigenvalue weighted by atomic mass is 10.1. The predicted molar refractivity (Wildman–Crippen MR) is 84.9 cm³/mol. The number of benzene rings is 1. The van der Waals surface area contributed by atoms with E-state index < -0.39 is 0 Å². The number of carbonyl (C=O) groups is 1. The summed E-state index contributed by atoms with van der Waals surface area (Å²) in [6.45, 7) is 5.71. The predicted octanol–water partition coefficient (Wildman–Crippen LogP) is 2.60. The highest BCUT2D eigenvalue weighted by atomic mass is 16.1. The van der Waals surface area contributed by atoms with Gasteiger partial charge in [0.15, 0.2) is 17.4 Å². The molecule has 0 radical (unpaired) electrons. The average Bonchev–Trinajstić information content (AvgIpc) is 2.48. The lowest BCUT2D eigenvalue weighted by Crippen LogP contribution is -2.08. The molecule has 2 aromatic rings. The summed E-state index contributed by atoms with van der Waals surface area (Å²) in [5.74, 6) is 1.02. The number of nitrogens with one attached hydrogen (secondary N) is 2. The summed E-state index contributed by atoms with van der Waals surface area (Å²) < 4.78 is 0. The Balaban J connectivity index is 2.25. The molecule has 4 N–H and O–H groups in total. The number of aromatic nitrogens is 2. The van der Waals surface area contributed by atoms with E-state index in [2.05, 4.69) is 27.2 Å². The number of hydrogen-bond donors (Lipinski definition) is 3. The Hall–Kier alpha value is -2.89. The Morgan fingerprint density at radius 1 is 1.38 bits per heavy atom. The van der Waals surface area contributed by atoms with Crippen LogP contribution in [0.5, 0.6) is 0 Å². The Labute approximate surface area is 123 Å². The van der Waals surface area contributed by atoms with Gasteiger partial charge in [-0.15, -0.1) is 6.58 Å². The fourth-order valence-electron chi connectivity index (χ4n) is 1.76. The van der Waals surface area contributed by atoms with Crippen LogP contribution in [0.15, 0.2) is 43.2 Å². The molecule has 0 unspecified atom stereocenters. The molecule has 0 aliphatic heterocycles. The maximum absolute atomic E-state index is 11.4. The van der Waals surface area contributed by atoms with E-state index in [9.17, 15) is 4.79 Å². The van der Waals surface area contributed by atoms with Crippen LogP contribution in [-0.2, 0) is 0 Å². The molecular weight excluding hydrogens is 266 g/mol.